The number of aryl methyl sites for hydroxylation is 3. The van der Waals surface area contributed by atoms with Crippen LogP contribution < -0.4 is 0 Å². The summed E-state index contributed by atoms with van der Waals surface area (Å²) in [7, 11) is 0. The number of pyridine rings is 1. The first kappa shape index (κ1) is 33.5. The number of para-hydroxylation sites is 1. The van der Waals surface area contributed by atoms with Gasteiger partial charge in [0.1, 0.15) is 17.5 Å². The van der Waals surface area contributed by atoms with Gasteiger partial charge in [-0.25, -0.2) is 0 Å². The van der Waals surface area contributed by atoms with E-state index in [2.05, 4.69) is 152 Å². The van der Waals surface area contributed by atoms with Crippen LogP contribution >= 0.6 is 0 Å². The molecule has 0 spiro atoms. The first-order valence-corrected chi connectivity index (χ1v) is 17.1. The van der Waals surface area contributed by atoms with Gasteiger partial charge in [0.2, 0.25) is 0 Å². The van der Waals surface area contributed by atoms with Gasteiger partial charge in [-0.2, -0.15) is 0 Å². The molecule has 49 heavy (non-hydrogen) atoms. The number of ether oxygens (including phenoxy) is 1. The molecule has 6 aromatic rings. The van der Waals surface area contributed by atoms with Crippen LogP contribution in [0.15, 0.2) is 84.0 Å². The van der Waals surface area contributed by atoms with Crippen molar-refractivity contribution in [3.8, 4) is 16.9 Å². The Hall–Kier alpha value is -4.01. The summed E-state index contributed by atoms with van der Waals surface area (Å²) in [5.74, 6) is 0.680. The Kier molecular flexibility index (Phi) is 7.87. The Bertz CT molecular complexity index is 2320. The molecule has 0 saturated carbocycles. The van der Waals surface area contributed by atoms with Crippen LogP contribution in [0.2, 0.25) is 0 Å². The monoisotopic (exact) mass is 824 g/mol. The average Bonchev–Trinajstić information content (AvgIpc) is 3.55. The third-order valence-electron chi connectivity index (χ3n) is 10.7. The maximum absolute atomic E-state index is 6.85. The number of benzene rings is 4. The van der Waals surface area contributed by atoms with Gasteiger partial charge in [-0.15, -0.1) is 47.0 Å². The Morgan fingerprint density at radius 1 is 0.837 bits per heavy atom. The first-order chi connectivity index (χ1) is 22.7. The van der Waals surface area contributed by atoms with Gasteiger partial charge in [0.25, 0.3) is 0 Å². The molecule has 0 saturated heterocycles. The third-order valence-corrected chi connectivity index (χ3v) is 10.7. The molecule has 0 unspecified atom stereocenters. The molecule has 1 aliphatic heterocycles. The molecule has 3 heterocycles. The molecule has 5 heteroatoms. The zero-order valence-electron chi connectivity index (χ0n) is 29.9. The van der Waals surface area contributed by atoms with Crippen molar-refractivity contribution in [2.24, 2.45) is 4.99 Å². The van der Waals surface area contributed by atoms with Gasteiger partial charge in [-0.05, 0) is 82.2 Å². The SMILES string of the molecule is Cc1ccc2c(c1)C(C)(C)C[C@@H]1OC(c3[c-]c(-n4c5[c-]c(-c6cc(C(C)(C)C)ccn6)ccc5c5ccccc54)c(C)cc3C)=N[C@]21C.[Pt+2]. The number of hydrogen-bond donors (Lipinski definition) is 0. The van der Waals surface area contributed by atoms with Crippen molar-refractivity contribution in [3.05, 3.63) is 130 Å². The molecule has 0 bridgehead atoms. The Labute approximate surface area is 304 Å². The summed E-state index contributed by atoms with van der Waals surface area (Å²) in [6.07, 6.45) is 2.77. The molecule has 2 aromatic heterocycles. The van der Waals surface area contributed by atoms with E-state index in [0.29, 0.717) is 5.90 Å². The van der Waals surface area contributed by atoms with Crippen molar-refractivity contribution in [2.45, 2.75) is 91.2 Å². The van der Waals surface area contributed by atoms with Crippen LogP contribution in [0.25, 0.3) is 38.8 Å². The molecule has 0 fully saturated rings. The minimum atomic E-state index is -0.455. The molecule has 250 valence electrons. The largest absolute Gasteiger partial charge is 2.00 e. The average molecular weight is 825 g/mol. The van der Waals surface area contributed by atoms with E-state index in [4.69, 9.17) is 14.7 Å². The van der Waals surface area contributed by atoms with Crippen molar-refractivity contribution in [1.29, 1.82) is 0 Å². The fourth-order valence-electron chi connectivity index (χ4n) is 7.93. The molecule has 0 N–H and O–H groups in total. The molecule has 2 aliphatic rings. The van der Waals surface area contributed by atoms with Gasteiger partial charge in [0, 0.05) is 11.7 Å². The van der Waals surface area contributed by atoms with E-state index in [1.54, 1.807) is 0 Å². The molecular weight excluding hydrogens is 782 g/mol. The zero-order chi connectivity index (χ0) is 33.7. The van der Waals surface area contributed by atoms with E-state index in [0.717, 1.165) is 56.5 Å². The second-order valence-electron chi connectivity index (χ2n) is 15.8. The van der Waals surface area contributed by atoms with Crippen LogP contribution in [0.3, 0.4) is 0 Å². The fourth-order valence-corrected chi connectivity index (χ4v) is 7.93. The molecule has 4 nitrogen and oxygen atoms in total. The summed E-state index contributed by atoms with van der Waals surface area (Å²) in [5, 5.41) is 2.34. The minimum absolute atomic E-state index is 0. The van der Waals surface area contributed by atoms with Crippen molar-refractivity contribution >= 4 is 27.7 Å². The molecular formula is C44H43N3OPt. The summed E-state index contributed by atoms with van der Waals surface area (Å²) in [6.45, 7) is 20.1. The Morgan fingerprint density at radius 3 is 2.39 bits per heavy atom. The number of nitrogens with zero attached hydrogens (tertiary/aromatic N) is 3. The standard InChI is InChI=1S/C44H43N3O.Pt/c1-26-14-17-34-35(20-26)43(7,8)25-40-44(34,9)46-41(48-40)33-24-38(28(3)21-27(33)2)47-37-13-11-10-12-31(37)32-16-15-29(22-39(32)47)36-23-30(18-19-45-36)42(4,5)6;/h10-21,23,40H,25H2,1-9H3;/q-2;+2/t40-,44+;/m0./s1. The van der Waals surface area contributed by atoms with Gasteiger partial charge in [-0.1, -0.05) is 107 Å². The quantitative estimate of drug-likeness (QED) is 0.167. The summed E-state index contributed by atoms with van der Waals surface area (Å²) in [6, 6.07) is 34.0. The normalized spacial score (nSPS) is 19.6. The van der Waals surface area contributed by atoms with Gasteiger partial charge >= 0.3 is 21.1 Å². The topological polar surface area (TPSA) is 39.4 Å². The molecule has 1 aliphatic carbocycles. The third kappa shape index (κ3) is 5.30. The summed E-state index contributed by atoms with van der Waals surface area (Å²) < 4.78 is 9.17. The second kappa shape index (κ2) is 11.5. The predicted octanol–water partition coefficient (Wildman–Crippen LogP) is 10.4. The minimum Gasteiger partial charge on any atom is -0.514 e. The van der Waals surface area contributed by atoms with Gasteiger partial charge in [0.15, 0.2) is 0 Å². The molecule has 0 radical (unpaired) electrons. The number of fused-ring (bicyclic) bond motifs is 6. The Morgan fingerprint density at radius 2 is 1.61 bits per heavy atom. The van der Waals surface area contributed by atoms with Crippen LogP contribution in [-0.4, -0.2) is 21.6 Å². The van der Waals surface area contributed by atoms with Crippen LogP contribution in [0.1, 0.15) is 86.9 Å². The van der Waals surface area contributed by atoms with Crippen LogP contribution in [0, 0.1) is 32.9 Å². The summed E-state index contributed by atoms with van der Waals surface area (Å²) >= 11 is 0. The van der Waals surface area contributed by atoms with E-state index in [1.807, 2.05) is 6.20 Å². The smallest absolute Gasteiger partial charge is 0.514 e. The number of hydrogen-bond acceptors (Lipinski definition) is 3. The predicted molar refractivity (Wildman–Crippen MR) is 197 cm³/mol. The molecule has 0 amide bonds. The van der Waals surface area contributed by atoms with Crippen molar-refractivity contribution in [3.63, 3.8) is 0 Å². The van der Waals surface area contributed by atoms with E-state index < -0.39 is 5.54 Å². The second-order valence-corrected chi connectivity index (χ2v) is 15.8. The maximum atomic E-state index is 6.85. The number of rotatable bonds is 3. The summed E-state index contributed by atoms with van der Waals surface area (Å²) in [5.41, 5.74) is 12.9. The number of aromatic nitrogens is 2. The van der Waals surface area contributed by atoms with E-state index in [9.17, 15) is 0 Å². The van der Waals surface area contributed by atoms with Crippen molar-refractivity contribution < 1.29 is 25.8 Å². The van der Waals surface area contributed by atoms with Crippen LogP contribution in [0.5, 0.6) is 0 Å². The van der Waals surface area contributed by atoms with E-state index in [1.165, 1.54) is 27.6 Å². The maximum Gasteiger partial charge on any atom is 2.00 e. The molecule has 2 atom stereocenters. The van der Waals surface area contributed by atoms with E-state index in [-0.39, 0.29) is 38.0 Å². The first-order valence-electron chi connectivity index (χ1n) is 17.1. The summed E-state index contributed by atoms with van der Waals surface area (Å²) in [4.78, 5) is 10.2. The van der Waals surface area contributed by atoms with Crippen LogP contribution in [-0.2, 0) is 42.2 Å². The van der Waals surface area contributed by atoms with E-state index >= 15 is 0 Å². The van der Waals surface area contributed by atoms with Crippen molar-refractivity contribution in [1.82, 2.24) is 9.55 Å². The van der Waals surface area contributed by atoms with Gasteiger partial charge in [0.05, 0.1) is 0 Å². The molecule has 4 aromatic carbocycles. The molecule has 8 rings (SSSR count). The fraction of sp³-hybridized carbons (Fsp3) is 0.318. The van der Waals surface area contributed by atoms with Crippen molar-refractivity contribution in [2.75, 3.05) is 0 Å². The number of aliphatic imine (C=N–C) groups is 1. The Balaban J connectivity index is 0.00000378. The van der Waals surface area contributed by atoms with Gasteiger partial charge in [-0.3, -0.25) is 4.99 Å². The van der Waals surface area contributed by atoms with Crippen LogP contribution in [0.4, 0.5) is 0 Å². The zero-order valence-corrected chi connectivity index (χ0v) is 32.1. The van der Waals surface area contributed by atoms with Gasteiger partial charge < -0.3 is 14.3 Å².